The largest absolute Gasteiger partial charge is 0.300 e. The summed E-state index contributed by atoms with van der Waals surface area (Å²) in [5.41, 5.74) is 1.15. The highest BCUT2D eigenvalue weighted by molar-refractivity contribution is 7.99. The van der Waals surface area contributed by atoms with Gasteiger partial charge in [0.05, 0.1) is 6.07 Å². The summed E-state index contributed by atoms with van der Waals surface area (Å²) < 4.78 is 0. The van der Waals surface area contributed by atoms with E-state index in [1.165, 1.54) is 10.5 Å². The molecule has 0 fully saturated rings. The Morgan fingerprint density at radius 2 is 1.75 bits per heavy atom. The van der Waals surface area contributed by atoms with Crippen LogP contribution >= 0.6 is 11.8 Å². The summed E-state index contributed by atoms with van der Waals surface area (Å²) >= 11 is 1.82. The zero-order valence-electron chi connectivity index (χ0n) is 13.3. The zero-order chi connectivity index (χ0) is 15.2. The molecule has 1 aromatic carbocycles. The van der Waals surface area contributed by atoms with Gasteiger partial charge in [0.1, 0.15) is 5.54 Å². The van der Waals surface area contributed by atoms with Crippen LogP contribution in [0.25, 0.3) is 0 Å². The summed E-state index contributed by atoms with van der Waals surface area (Å²) in [5.74, 6) is 0.950. The van der Waals surface area contributed by atoms with E-state index in [2.05, 4.69) is 56.4 Å². The lowest BCUT2D eigenvalue weighted by Gasteiger charge is -2.22. The third kappa shape index (κ3) is 5.19. The van der Waals surface area contributed by atoms with Crippen molar-refractivity contribution in [3.63, 3.8) is 0 Å². The Kier molecular flexibility index (Phi) is 6.10. The zero-order valence-corrected chi connectivity index (χ0v) is 14.1. The Balaban J connectivity index is 2.53. The monoisotopic (exact) mass is 290 g/mol. The molecule has 0 aliphatic carbocycles. The maximum Gasteiger partial charge on any atom is 0.104 e. The lowest BCUT2D eigenvalue weighted by atomic mass is 9.87. The van der Waals surface area contributed by atoms with E-state index in [4.69, 9.17) is 0 Å². The van der Waals surface area contributed by atoms with Gasteiger partial charge >= 0.3 is 0 Å². The molecule has 1 N–H and O–H groups in total. The molecule has 0 radical (unpaired) electrons. The van der Waals surface area contributed by atoms with Gasteiger partial charge in [0, 0.05) is 10.6 Å². The molecule has 2 nitrogen and oxygen atoms in total. The number of nitriles is 1. The third-order valence-electron chi connectivity index (χ3n) is 3.40. The summed E-state index contributed by atoms with van der Waals surface area (Å²) in [4.78, 5) is 1.27. The van der Waals surface area contributed by atoms with Crippen LogP contribution in [0.15, 0.2) is 29.2 Å². The first-order chi connectivity index (χ1) is 9.30. The molecule has 0 aliphatic heterocycles. The number of nitrogens with zero attached hydrogens (tertiary/aromatic N) is 1. The van der Waals surface area contributed by atoms with Gasteiger partial charge in [-0.1, -0.05) is 39.8 Å². The Hall–Kier alpha value is -0.980. The second-order valence-corrected chi connectivity index (χ2v) is 7.52. The predicted octanol–water partition coefficient (Wildman–Crippen LogP) is 4.36. The summed E-state index contributed by atoms with van der Waals surface area (Å²) in [6.45, 7) is 11.5. The minimum Gasteiger partial charge on any atom is -0.300 e. The standard InChI is InChI=1S/C17H26N2S/c1-6-19-17(5,13-18)11-12-20-15-9-7-14(8-10-15)16(2,3)4/h7-10,19H,6,11-12H2,1-5H3. The van der Waals surface area contributed by atoms with Crippen molar-refractivity contribution in [3.05, 3.63) is 29.8 Å². The second kappa shape index (κ2) is 7.15. The molecule has 110 valence electrons. The van der Waals surface area contributed by atoms with Crippen molar-refractivity contribution in [1.29, 1.82) is 5.26 Å². The van der Waals surface area contributed by atoms with Gasteiger partial charge in [-0.25, -0.2) is 0 Å². The van der Waals surface area contributed by atoms with E-state index in [1.807, 2.05) is 25.6 Å². The topological polar surface area (TPSA) is 35.8 Å². The highest BCUT2D eigenvalue weighted by atomic mass is 32.2. The van der Waals surface area contributed by atoms with Crippen molar-refractivity contribution >= 4 is 11.8 Å². The molecule has 3 heteroatoms. The Labute approximate surface area is 128 Å². The van der Waals surface area contributed by atoms with Gasteiger partial charge in [-0.3, -0.25) is 5.32 Å². The van der Waals surface area contributed by atoms with Crippen molar-refractivity contribution in [1.82, 2.24) is 5.32 Å². The van der Waals surface area contributed by atoms with E-state index in [0.29, 0.717) is 0 Å². The van der Waals surface area contributed by atoms with Gasteiger partial charge in [0.25, 0.3) is 0 Å². The van der Waals surface area contributed by atoms with Gasteiger partial charge in [-0.2, -0.15) is 5.26 Å². The van der Waals surface area contributed by atoms with Crippen LogP contribution in [0.4, 0.5) is 0 Å². The molecule has 1 unspecified atom stereocenters. The molecule has 0 aliphatic rings. The van der Waals surface area contributed by atoms with E-state index >= 15 is 0 Å². The van der Waals surface area contributed by atoms with E-state index in [0.717, 1.165) is 18.7 Å². The van der Waals surface area contributed by atoms with Crippen LogP contribution in [-0.2, 0) is 5.41 Å². The highest BCUT2D eigenvalue weighted by Crippen LogP contribution is 2.26. The van der Waals surface area contributed by atoms with E-state index in [9.17, 15) is 5.26 Å². The number of thioether (sulfide) groups is 1. The van der Waals surface area contributed by atoms with E-state index < -0.39 is 5.54 Å². The molecule has 0 bridgehead atoms. The summed E-state index contributed by atoms with van der Waals surface area (Å²) in [5, 5.41) is 12.5. The summed E-state index contributed by atoms with van der Waals surface area (Å²) in [6.07, 6.45) is 0.850. The number of rotatable bonds is 6. The van der Waals surface area contributed by atoms with Gasteiger partial charge in [-0.15, -0.1) is 11.8 Å². The predicted molar refractivity (Wildman–Crippen MR) is 88.2 cm³/mol. The summed E-state index contributed by atoms with van der Waals surface area (Å²) in [7, 11) is 0. The quantitative estimate of drug-likeness (QED) is 0.791. The van der Waals surface area contributed by atoms with Crippen LogP contribution in [0.1, 0.15) is 46.6 Å². The maximum absolute atomic E-state index is 9.22. The number of benzene rings is 1. The van der Waals surface area contributed by atoms with Crippen LogP contribution in [0.2, 0.25) is 0 Å². The van der Waals surface area contributed by atoms with Crippen molar-refractivity contribution in [3.8, 4) is 6.07 Å². The first-order valence-electron chi connectivity index (χ1n) is 7.20. The normalized spacial score (nSPS) is 14.6. The fourth-order valence-corrected chi connectivity index (χ4v) is 3.07. The van der Waals surface area contributed by atoms with Gasteiger partial charge < -0.3 is 0 Å². The minimum absolute atomic E-state index is 0.202. The molecule has 0 heterocycles. The maximum atomic E-state index is 9.22. The van der Waals surface area contributed by atoms with Crippen molar-refractivity contribution in [2.24, 2.45) is 0 Å². The molecule has 1 atom stereocenters. The van der Waals surface area contributed by atoms with Crippen LogP contribution in [0.3, 0.4) is 0 Å². The van der Waals surface area contributed by atoms with Crippen molar-refractivity contribution < 1.29 is 0 Å². The Morgan fingerprint density at radius 1 is 1.15 bits per heavy atom. The molecule has 0 amide bonds. The van der Waals surface area contributed by atoms with Gasteiger partial charge in [0.15, 0.2) is 0 Å². The molecule has 1 aromatic rings. The average molecular weight is 290 g/mol. The van der Waals surface area contributed by atoms with Crippen LogP contribution in [-0.4, -0.2) is 17.8 Å². The van der Waals surface area contributed by atoms with E-state index in [-0.39, 0.29) is 5.41 Å². The Bertz CT molecular complexity index is 453. The molecular weight excluding hydrogens is 264 g/mol. The fraction of sp³-hybridized carbons (Fsp3) is 0.588. The Morgan fingerprint density at radius 3 is 2.20 bits per heavy atom. The number of hydrogen-bond donors (Lipinski definition) is 1. The number of nitrogens with one attached hydrogen (secondary N) is 1. The molecular formula is C17H26N2S. The SMILES string of the molecule is CCNC(C)(C#N)CCSc1ccc(C(C)(C)C)cc1. The average Bonchev–Trinajstić information content (AvgIpc) is 2.38. The van der Waals surface area contributed by atoms with Crippen molar-refractivity contribution in [2.45, 2.75) is 56.9 Å². The molecule has 0 saturated heterocycles. The van der Waals surface area contributed by atoms with Crippen molar-refractivity contribution in [2.75, 3.05) is 12.3 Å². The van der Waals surface area contributed by atoms with Crippen LogP contribution < -0.4 is 5.32 Å². The van der Waals surface area contributed by atoms with Crippen LogP contribution in [0.5, 0.6) is 0 Å². The minimum atomic E-state index is -0.410. The van der Waals surface area contributed by atoms with Gasteiger partial charge in [-0.05, 0) is 43.0 Å². The molecule has 0 aromatic heterocycles. The fourth-order valence-electron chi connectivity index (χ4n) is 2.00. The molecule has 20 heavy (non-hydrogen) atoms. The first kappa shape index (κ1) is 17.1. The third-order valence-corrected chi connectivity index (χ3v) is 4.42. The number of hydrogen-bond acceptors (Lipinski definition) is 3. The molecule has 0 spiro atoms. The van der Waals surface area contributed by atoms with Crippen LogP contribution in [0, 0.1) is 11.3 Å². The molecule has 0 saturated carbocycles. The lowest BCUT2D eigenvalue weighted by molar-refractivity contribution is 0.450. The first-order valence-corrected chi connectivity index (χ1v) is 8.19. The smallest absolute Gasteiger partial charge is 0.104 e. The lowest BCUT2D eigenvalue weighted by Crippen LogP contribution is -2.41. The second-order valence-electron chi connectivity index (χ2n) is 6.35. The highest BCUT2D eigenvalue weighted by Gasteiger charge is 2.21. The summed E-state index contributed by atoms with van der Waals surface area (Å²) in [6, 6.07) is 11.1. The molecule has 1 rings (SSSR count). The van der Waals surface area contributed by atoms with E-state index in [1.54, 1.807) is 0 Å². The van der Waals surface area contributed by atoms with Gasteiger partial charge in [0.2, 0.25) is 0 Å².